The molecule has 0 aromatic carbocycles. The van der Waals surface area contributed by atoms with Gasteiger partial charge in [-0.05, 0) is 19.1 Å². The highest BCUT2D eigenvalue weighted by Crippen LogP contribution is 2.05. The molecule has 0 amide bonds. The third-order valence-electron chi connectivity index (χ3n) is 1.94. The highest BCUT2D eigenvalue weighted by atomic mass is 16.3. The van der Waals surface area contributed by atoms with Gasteiger partial charge in [0, 0.05) is 11.8 Å². The topological polar surface area (TPSA) is 67.5 Å². The second kappa shape index (κ2) is 3.19. The van der Waals surface area contributed by atoms with Crippen molar-refractivity contribution in [1.82, 2.24) is 14.6 Å². The van der Waals surface area contributed by atoms with Gasteiger partial charge in [-0.1, -0.05) is 0 Å². The molecule has 0 fully saturated rings. The summed E-state index contributed by atoms with van der Waals surface area (Å²) in [5, 5.41) is 13.0. The van der Waals surface area contributed by atoms with Crippen LogP contribution in [0.25, 0.3) is 5.65 Å². The lowest BCUT2D eigenvalue weighted by atomic mass is 10.1. The molecule has 0 radical (unpaired) electrons. The Kier molecular flexibility index (Phi) is 2.01. The minimum Gasteiger partial charge on any atom is -0.385 e. The summed E-state index contributed by atoms with van der Waals surface area (Å²) in [6, 6.07) is 3.31. The molecule has 5 nitrogen and oxygen atoms in total. The maximum absolute atomic E-state index is 11.4. The first-order valence-corrected chi connectivity index (χ1v) is 4.20. The van der Waals surface area contributed by atoms with Gasteiger partial charge in [-0.3, -0.25) is 4.79 Å². The number of hydrogen-bond acceptors (Lipinski definition) is 4. The minimum absolute atomic E-state index is 0.317. The first kappa shape index (κ1) is 8.83. The van der Waals surface area contributed by atoms with Crippen LogP contribution in [0.5, 0.6) is 0 Å². The molecule has 0 aliphatic rings. The molecule has 14 heavy (non-hydrogen) atoms. The van der Waals surface area contributed by atoms with Crippen LogP contribution in [0, 0.1) is 0 Å². The molecular weight excluding hydrogens is 182 g/mol. The molecule has 1 N–H and O–H groups in total. The van der Waals surface area contributed by atoms with E-state index in [1.54, 1.807) is 18.3 Å². The lowest BCUT2D eigenvalue weighted by molar-refractivity contribution is 0.0779. The van der Waals surface area contributed by atoms with Crippen molar-refractivity contribution >= 4 is 11.4 Å². The number of carbonyl (C=O) groups is 1. The monoisotopic (exact) mass is 191 g/mol. The number of hydrogen-bond donors (Lipinski definition) is 1. The van der Waals surface area contributed by atoms with Gasteiger partial charge in [0.1, 0.15) is 12.4 Å². The van der Waals surface area contributed by atoms with E-state index in [0.29, 0.717) is 11.2 Å². The van der Waals surface area contributed by atoms with E-state index >= 15 is 0 Å². The van der Waals surface area contributed by atoms with Crippen LogP contribution in [-0.4, -0.2) is 31.6 Å². The molecule has 0 bridgehead atoms. The van der Waals surface area contributed by atoms with Gasteiger partial charge in [0.2, 0.25) is 0 Å². The molecule has 0 saturated carbocycles. The van der Waals surface area contributed by atoms with Crippen LogP contribution in [0.3, 0.4) is 0 Å². The number of fused-ring (bicyclic) bond motifs is 1. The van der Waals surface area contributed by atoms with E-state index in [2.05, 4.69) is 10.1 Å². The van der Waals surface area contributed by atoms with E-state index < -0.39 is 6.10 Å². The zero-order valence-electron chi connectivity index (χ0n) is 7.58. The van der Waals surface area contributed by atoms with Gasteiger partial charge in [0.25, 0.3) is 0 Å². The quantitative estimate of drug-likeness (QED) is 0.693. The van der Waals surface area contributed by atoms with Crippen LogP contribution < -0.4 is 0 Å². The van der Waals surface area contributed by atoms with Crippen LogP contribution in [-0.2, 0) is 0 Å². The number of Topliss-reactive ketones (excluding diaryl/α,β-unsaturated/α-hetero) is 1. The van der Waals surface area contributed by atoms with E-state index in [0.717, 1.165) is 0 Å². The average Bonchev–Trinajstić information content (AvgIpc) is 2.62. The fraction of sp³-hybridized carbons (Fsp3) is 0.222. The van der Waals surface area contributed by atoms with Gasteiger partial charge in [0.05, 0.1) is 0 Å². The van der Waals surface area contributed by atoms with Crippen molar-refractivity contribution in [3.8, 4) is 0 Å². The maximum atomic E-state index is 11.4. The van der Waals surface area contributed by atoms with Crippen LogP contribution in [0.15, 0.2) is 24.7 Å². The Labute approximate surface area is 80.0 Å². The number of aliphatic hydroxyl groups is 1. The van der Waals surface area contributed by atoms with E-state index in [1.165, 1.54) is 17.8 Å². The summed E-state index contributed by atoms with van der Waals surface area (Å²) >= 11 is 0. The molecule has 0 saturated heterocycles. The molecule has 0 aliphatic carbocycles. The summed E-state index contributed by atoms with van der Waals surface area (Å²) in [5.41, 5.74) is 1.10. The highest BCUT2D eigenvalue weighted by Gasteiger charge is 2.12. The summed E-state index contributed by atoms with van der Waals surface area (Å²) in [5.74, 6) is -0.317. The molecular formula is C9H9N3O2. The standard InChI is InChI=1S/C9H9N3O2/c1-6(13)9(14)7-2-3-8-10-5-11-12(8)4-7/h2-6,13H,1H3. The lowest BCUT2D eigenvalue weighted by Gasteiger charge is -2.02. The van der Waals surface area contributed by atoms with Gasteiger partial charge < -0.3 is 5.11 Å². The molecule has 5 heteroatoms. The molecule has 2 heterocycles. The van der Waals surface area contributed by atoms with Crippen molar-refractivity contribution in [2.45, 2.75) is 13.0 Å². The fourth-order valence-electron chi connectivity index (χ4n) is 1.20. The first-order valence-electron chi connectivity index (χ1n) is 4.20. The fourth-order valence-corrected chi connectivity index (χ4v) is 1.20. The number of nitrogens with zero attached hydrogens (tertiary/aromatic N) is 3. The zero-order chi connectivity index (χ0) is 10.1. The van der Waals surface area contributed by atoms with Gasteiger partial charge >= 0.3 is 0 Å². The number of aliphatic hydroxyl groups excluding tert-OH is 1. The van der Waals surface area contributed by atoms with Crippen molar-refractivity contribution in [3.63, 3.8) is 0 Å². The van der Waals surface area contributed by atoms with Gasteiger partial charge in [0.15, 0.2) is 11.4 Å². The number of carbonyl (C=O) groups excluding carboxylic acids is 1. The second-order valence-electron chi connectivity index (χ2n) is 3.02. The summed E-state index contributed by atoms with van der Waals surface area (Å²) in [7, 11) is 0. The number of pyridine rings is 1. The smallest absolute Gasteiger partial charge is 0.192 e. The molecule has 0 aliphatic heterocycles. The van der Waals surface area contributed by atoms with Gasteiger partial charge in [-0.15, -0.1) is 0 Å². The molecule has 2 aromatic rings. The van der Waals surface area contributed by atoms with Gasteiger partial charge in [-0.2, -0.15) is 5.10 Å². The lowest BCUT2D eigenvalue weighted by Crippen LogP contribution is -2.16. The van der Waals surface area contributed by atoms with Crippen LogP contribution in [0.1, 0.15) is 17.3 Å². The Hall–Kier alpha value is -1.75. The molecule has 2 aromatic heterocycles. The van der Waals surface area contributed by atoms with E-state index in [1.807, 2.05) is 0 Å². The average molecular weight is 191 g/mol. The van der Waals surface area contributed by atoms with Crippen molar-refractivity contribution < 1.29 is 9.90 Å². The van der Waals surface area contributed by atoms with Crippen LogP contribution in [0.2, 0.25) is 0 Å². The predicted molar refractivity (Wildman–Crippen MR) is 49.0 cm³/mol. The minimum atomic E-state index is -0.990. The Balaban J connectivity index is 2.48. The van der Waals surface area contributed by atoms with Crippen molar-refractivity contribution in [2.75, 3.05) is 0 Å². The molecule has 2 rings (SSSR count). The Morgan fingerprint density at radius 3 is 3.07 bits per heavy atom. The summed E-state index contributed by atoms with van der Waals surface area (Å²) < 4.78 is 1.50. The van der Waals surface area contributed by atoms with Crippen molar-refractivity contribution in [2.24, 2.45) is 0 Å². The maximum Gasteiger partial charge on any atom is 0.192 e. The number of ketones is 1. The zero-order valence-corrected chi connectivity index (χ0v) is 7.58. The molecule has 0 spiro atoms. The summed E-state index contributed by atoms with van der Waals surface area (Å²) in [6.07, 6.45) is 1.97. The number of aromatic nitrogens is 3. The van der Waals surface area contributed by atoms with E-state index in [-0.39, 0.29) is 5.78 Å². The summed E-state index contributed by atoms with van der Waals surface area (Å²) in [4.78, 5) is 15.3. The Morgan fingerprint density at radius 1 is 1.57 bits per heavy atom. The predicted octanol–water partition coefficient (Wildman–Crippen LogP) is 0.293. The molecule has 1 unspecified atom stereocenters. The van der Waals surface area contributed by atoms with E-state index in [9.17, 15) is 4.79 Å². The summed E-state index contributed by atoms with van der Waals surface area (Å²) in [6.45, 7) is 1.44. The van der Waals surface area contributed by atoms with Crippen molar-refractivity contribution in [1.29, 1.82) is 0 Å². The highest BCUT2D eigenvalue weighted by molar-refractivity contribution is 5.98. The molecule has 72 valence electrons. The largest absolute Gasteiger partial charge is 0.385 e. The SMILES string of the molecule is CC(O)C(=O)c1ccc2ncnn2c1. The third kappa shape index (κ3) is 1.38. The molecule has 1 atom stereocenters. The second-order valence-corrected chi connectivity index (χ2v) is 3.02. The first-order chi connectivity index (χ1) is 6.68. The Bertz CT molecular complexity index is 476. The third-order valence-corrected chi connectivity index (χ3v) is 1.94. The van der Waals surface area contributed by atoms with Gasteiger partial charge in [-0.25, -0.2) is 9.50 Å². The van der Waals surface area contributed by atoms with Crippen LogP contribution >= 0.6 is 0 Å². The van der Waals surface area contributed by atoms with Crippen molar-refractivity contribution in [3.05, 3.63) is 30.2 Å². The van der Waals surface area contributed by atoms with Crippen LogP contribution in [0.4, 0.5) is 0 Å². The number of rotatable bonds is 2. The Morgan fingerprint density at radius 2 is 2.36 bits per heavy atom. The van der Waals surface area contributed by atoms with E-state index in [4.69, 9.17) is 5.11 Å². The normalized spacial score (nSPS) is 13.0.